The van der Waals surface area contributed by atoms with Gasteiger partial charge in [-0.2, -0.15) is 13.2 Å². The van der Waals surface area contributed by atoms with Crippen LogP contribution in [0.15, 0.2) is 22.7 Å². The minimum absolute atomic E-state index is 0.0617. The summed E-state index contributed by atoms with van der Waals surface area (Å²) in [6, 6.07) is 4.28. The molecule has 0 radical (unpaired) electrons. The number of hydrogen-bond acceptors (Lipinski definition) is 3. The summed E-state index contributed by atoms with van der Waals surface area (Å²) < 4.78 is 44.2. The van der Waals surface area contributed by atoms with Gasteiger partial charge < -0.3 is 15.4 Å². The van der Waals surface area contributed by atoms with Gasteiger partial charge in [-0.25, -0.2) is 0 Å². The lowest BCUT2D eigenvalue weighted by Gasteiger charge is -2.18. The third-order valence-electron chi connectivity index (χ3n) is 2.95. The Bertz CT molecular complexity index is 441. The number of nitrogens with one attached hydrogen (secondary N) is 2. The zero-order valence-corrected chi connectivity index (χ0v) is 13.6. The molecule has 0 saturated heterocycles. The quantitative estimate of drug-likeness (QED) is 0.691. The fraction of sp³-hybridized carbons (Fsp3) is 0.571. The van der Waals surface area contributed by atoms with E-state index in [0.717, 1.165) is 6.07 Å². The van der Waals surface area contributed by atoms with Crippen molar-refractivity contribution in [2.75, 3.05) is 26.8 Å². The number of rotatable bonds is 8. The van der Waals surface area contributed by atoms with Crippen molar-refractivity contribution in [1.82, 2.24) is 10.6 Å². The second kappa shape index (κ2) is 8.73. The van der Waals surface area contributed by atoms with Crippen LogP contribution >= 0.6 is 15.9 Å². The molecule has 0 saturated carbocycles. The summed E-state index contributed by atoms with van der Waals surface area (Å²) in [5.74, 6) is 0. The number of benzene rings is 1. The van der Waals surface area contributed by atoms with Gasteiger partial charge >= 0.3 is 6.18 Å². The molecule has 0 heterocycles. The molecule has 2 N–H and O–H groups in total. The molecule has 1 atom stereocenters. The van der Waals surface area contributed by atoms with Crippen molar-refractivity contribution in [1.29, 1.82) is 0 Å². The highest BCUT2D eigenvalue weighted by atomic mass is 79.9. The van der Waals surface area contributed by atoms with Crippen molar-refractivity contribution in [2.24, 2.45) is 0 Å². The number of ether oxygens (including phenoxy) is 1. The molecular formula is C14H20BrF3N2O. The van der Waals surface area contributed by atoms with E-state index in [1.807, 2.05) is 6.92 Å². The van der Waals surface area contributed by atoms with Crippen molar-refractivity contribution >= 4 is 15.9 Å². The van der Waals surface area contributed by atoms with Crippen molar-refractivity contribution in [2.45, 2.75) is 25.7 Å². The molecule has 0 aliphatic rings. The predicted molar refractivity (Wildman–Crippen MR) is 80.2 cm³/mol. The van der Waals surface area contributed by atoms with Crippen molar-refractivity contribution < 1.29 is 17.9 Å². The molecule has 21 heavy (non-hydrogen) atoms. The van der Waals surface area contributed by atoms with Gasteiger partial charge in [-0.15, -0.1) is 0 Å². The van der Waals surface area contributed by atoms with E-state index in [0.29, 0.717) is 24.2 Å². The maximum Gasteiger partial charge on any atom is 0.416 e. The molecule has 0 aliphatic heterocycles. The SMILES string of the molecule is COCCNCC(C)NCc1ccc(Br)cc1C(F)(F)F. The van der Waals surface area contributed by atoms with Gasteiger partial charge in [-0.3, -0.25) is 0 Å². The van der Waals surface area contributed by atoms with Crippen LogP contribution in [0.2, 0.25) is 0 Å². The molecule has 1 unspecified atom stereocenters. The second-order valence-electron chi connectivity index (χ2n) is 4.78. The number of methoxy groups -OCH3 is 1. The van der Waals surface area contributed by atoms with Crippen LogP contribution in [-0.4, -0.2) is 32.8 Å². The first kappa shape index (κ1) is 18.4. The van der Waals surface area contributed by atoms with Crippen molar-refractivity contribution in [3.63, 3.8) is 0 Å². The molecule has 0 aromatic heterocycles. The third kappa shape index (κ3) is 6.78. The Morgan fingerprint density at radius 2 is 2.05 bits per heavy atom. The van der Waals surface area contributed by atoms with E-state index in [1.165, 1.54) is 6.07 Å². The van der Waals surface area contributed by atoms with Crippen LogP contribution in [0.4, 0.5) is 13.2 Å². The van der Waals surface area contributed by atoms with Crippen molar-refractivity contribution in [3.8, 4) is 0 Å². The predicted octanol–water partition coefficient (Wildman–Crippen LogP) is 3.18. The largest absolute Gasteiger partial charge is 0.416 e. The van der Waals surface area contributed by atoms with E-state index in [-0.39, 0.29) is 18.2 Å². The Labute approximate surface area is 131 Å². The number of halogens is 4. The fourth-order valence-electron chi connectivity index (χ4n) is 1.82. The molecule has 1 aromatic rings. The summed E-state index contributed by atoms with van der Waals surface area (Å²) in [6.45, 7) is 4.09. The average molecular weight is 369 g/mol. The van der Waals surface area contributed by atoms with Crippen LogP contribution in [-0.2, 0) is 17.5 Å². The summed E-state index contributed by atoms with van der Waals surface area (Å²) in [7, 11) is 1.62. The van der Waals surface area contributed by atoms with Gasteiger partial charge in [0.2, 0.25) is 0 Å². The lowest BCUT2D eigenvalue weighted by atomic mass is 10.1. The standard InChI is InChI=1S/C14H20BrF3N2O/c1-10(8-19-5-6-21-2)20-9-11-3-4-12(15)7-13(11)14(16,17)18/h3-4,7,10,19-20H,5-6,8-9H2,1-2H3. The van der Waals surface area contributed by atoms with Gasteiger partial charge in [0.15, 0.2) is 0 Å². The van der Waals surface area contributed by atoms with Crippen LogP contribution in [0, 0.1) is 0 Å². The lowest BCUT2D eigenvalue weighted by molar-refractivity contribution is -0.138. The smallest absolute Gasteiger partial charge is 0.383 e. The van der Waals surface area contributed by atoms with Gasteiger partial charge in [0.1, 0.15) is 0 Å². The zero-order valence-electron chi connectivity index (χ0n) is 12.1. The highest BCUT2D eigenvalue weighted by Gasteiger charge is 2.33. The summed E-state index contributed by atoms with van der Waals surface area (Å²) in [5, 5.41) is 6.25. The van der Waals surface area contributed by atoms with Gasteiger partial charge in [-0.1, -0.05) is 22.0 Å². The van der Waals surface area contributed by atoms with E-state index >= 15 is 0 Å². The number of alkyl halides is 3. The van der Waals surface area contributed by atoms with Crippen LogP contribution in [0.25, 0.3) is 0 Å². The van der Waals surface area contributed by atoms with E-state index in [4.69, 9.17) is 4.74 Å². The normalized spacial score (nSPS) is 13.4. The summed E-state index contributed by atoms with van der Waals surface area (Å²) in [4.78, 5) is 0. The van der Waals surface area contributed by atoms with E-state index in [9.17, 15) is 13.2 Å². The number of hydrogen-bond donors (Lipinski definition) is 2. The molecule has 0 aliphatic carbocycles. The maximum atomic E-state index is 13.0. The van der Waals surface area contributed by atoms with Crippen LogP contribution in [0.1, 0.15) is 18.1 Å². The first-order valence-electron chi connectivity index (χ1n) is 6.63. The van der Waals surface area contributed by atoms with Gasteiger partial charge in [0.05, 0.1) is 12.2 Å². The highest BCUT2D eigenvalue weighted by molar-refractivity contribution is 9.10. The Balaban J connectivity index is 2.55. The molecule has 0 fully saturated rings. The Morgan fingerprint density at radius 3 is 2.67 bits per heavy atom. The molecule has 0 amide bonds. The molecule has 120 valence electrons. The summed E-state index contributed by atoms with van der Waals surface area (Å²) in [6.07, 6.45) is -4.35. The molecule has 1 aromatic carbocycles. The Kier molecular flexibility index (Phi) is 7.65. The maximum absolute atomic E-state index is 13.0. The molecule has 7 heteroatoms. The average Bonchev–Trinajstić information content (AvgIpc) is 2.41. The lowest BCUT2D eigenvalue weighted by Crippen LogP contribution is -2.37. The van der Waals surface area contributed by atoms with Gasteiger partial charge in [-0.05, 0) is 24.6 Å². The first-order chi connectivity index (χ1) is 9.84. The first-order valence-corrected chi connectivity index (χ1v) is 7.42. The van der Waals surface area contributed by atoms with E-state index < -0.39 is 11.7 Å². The molecule has 0 spiro atoms. The van der Waals surface area contributed by atoms with Gasteiger partial charge in [0.25, 0.3) is 0 Å². The van der Waals surface area contributed by atoms with Crippen LogP contribution < -0.4 is 10.6 Å². The molecule has 3 nitrogen and oxygen atoms in total. The Morgan fingerprint density at radius 1 is 1.33 bits per heavy atom. The van der Waals surface area contributed by atoms with Crippen LogP contribution in [0.3, 0.4) is 0 Å². The van der Waals surface area contributed by atoms with Crippen molar-refractivity contribution in [3.05, 3.63) is 33.8 Å². The Hall–Kier alpha value is -0.630. The monoisotopic (exact) mass is 368 g/mol. The highest BCUT2D eigenvalue weighted by Crippen LogP contribution is 2.33. The molecule has 0 bridgehead atoms. The summed E-state index contributed by atoms with van der Waals surface area (Å²) >= 11 is 3.08. The van der Waals surface area contributed by atoms with E-state index in [1.54, 1.807) is 13.2 Å². The third-order valence-corrected chi connectivity index (χ3v) is 3.45. The molecule has 1 rings (SSSR count). The summed E-state index contributed by atoms with van der Waals surface area (Å²) in [5.41, 5.74) is -0.363. The minimum atomic E-state index is -4.35. The minimum Gasteiger partial charge on any atom is -0.383 e. The van der Waals surface area contributed by atoms with Crippen LogP contribution in [0.5, 0.6) is 0 Å². The topological polar surface area (TPSA) is 33.3 Å². The zero-order chi connectivity index (χ0) is 15.9. The van der Waals surface area contributed by atoms with E-state index in [2.05, 4.69) is 26.6 Å². The molecular weight excluding hydrogens is 349 g/mol. The second-order valence-corrected chi connectivity index (χ2v) is 5.69. The fourth-order valence-corrected chi connectivity index (χ4v) is 2.18. The van der Waals surface area contributed by atoms with Gasteiger partial charge in [0, 0.05) is 37.3 Å².